The highest BCUT2D eigenvalue weighted by Gasteiger charge is 2.10. The van der Waals surface area contributed by atoms with Crippen molar-refractivity contribution in [2.45, 2.75) is 33.9 Å². The molecule has 0 radical (unpaired) electrons. The van der Waals surface area contributed by atoms with Crippen LogP contribution in [0.3, 0.4) is 0 Å². The summed E-state index contributed by atoms with van der Waals surface area (Å²) in [5.74, 6) is 0. The van der Waals surface area contributed by atoms with Crippen LogP contribution in [0.1, 0.15) is 21.7 Å². The molecule has 0 spiro atoms. The lowest BCUT2D eigenvalue weighted by molar-refractivity contribution is 1.32. The average Bonchev–Trinajstić information content (AvgIpc) is 2.23. The van der Waals surface area contributed by atoms with Gasteiger partial charge < -0.3 is 0 Å². The van der Waals surface area contributed by atoms with Crippen molar-refractivity contribution >= 4 is 16.8 Å². The predicted molar refractivity (Wildman–Crippen MR) is 62.7 cm³/mol. The maximum Gasteiger partial charge on any atom is -0.0101 e. The number of rotatable bonds is 2. The summed E-state index contributed by atoms with van der Waals surface area (Å²) in [6.07, 6.45) is 2.59. The molecule has 0 N–H and O–H groups in total. The average molecular weight is 200 g/mol. The van der Waals surface area contributed by atoms with Crippen LogP contribution in [0.15, 0.2) is 0 Å². The van der Waals surface area contributed by atoms with Crippen molar-refractivity contribution in [1.29, 1.82) is 0 Å². The smallest absolute Gasteiger partial charge is 0.0101 e. The Kier molecular flexibility index (Phi) is 3.38. The minimum atomic E-state index is 0.0921. The first-order valence-electron chi connectivity index (χ1n) is 4.42. The first-order chi connectivity index (χ1) is 5.59. The predicted octanol–water partition coefficient (Wildman–Crippen LogP) is 3.78. The molecule has 1 atom stereocenters. The topological polar surface area (TPSA) is 0 Å². The minimum absolute atomic E-state index is 0.0921. The van der Waals surface area contributed by atoms with Crippen LogP contribution in [0, 0.1) is 27.7 Å². The van der Waals surface area contributed by atoms with E-state index >= 15 is 0 Å². The molecule has 0 amide bonds. The monoisotopic (exact) mass is 200 g/mol. The molecule has 0 saturated carbocycles. The third-order valence-electron chi connectivity index (χ3n) is 2.81. The first-order valence-corrected chi connectivity index (χ1v) is 6.77. The second-order valence-corrected chi connectivity index (χ2v) is 6.58. The van der Waals surface area contributed by atoms with Crippen LogP contribution in [0.4, 0.5) is 0 Å². The van der Waals surface area contributed by atoms with Crippen molar-refractivity contribution in [1.82, 2.24) is 0 Å². The lowest BCUT2D eigenvalue weighted by Gasteiger charge is -2.01. The molecular formula is C10H18P2. The van der Waals surface area contributed by atoms with E-state index in [1.807, 2.05) is 0 Å². The summed E-state index contributed by atoms with van der Waals surface area (Å²) in [6.45, 7) is 9.14. The quantitative estimate of drug-likeness (QED) is 0.637. The summed E-state index contributed by atoms with van der Waals surface area (Å²) in [5.41, 5.74) is 3.11. The standard InChI is InChI=1S/C10H18P2/c1-7-8(2)10(4)12(6-5-11)9(7)3/h5-6,11H2,1-4H3. The SMILES string of the molecule is Cc1c(C)c(C)p(CCP)c1C. The van der Waals surface area contributed by atoms with E-state index in [1.54, 1.807) is 21.7 Å². The van der Waals surface area contributed by atoms with E-state index in [2.05, 4.69) is 36.9 Å². The summed E-state index contributed by atoms with van der Waals surface area (Å²) in [5, 5.41) is 3.31. The highest BCUT2D eigenvalue weighted by Crippen LogP contribution is 2.44. The Morgan fingerprint density at radius 2 is 1.42 bits per heavy atom. The van der Waals surface area contributed by atoms with Gasteiger partial charge in [-0.15, -0.1) is 16.8 Å². The molecule has 1 aromatic heterocycles. The summed E-state index contributed by atoms with van der Waals surface area (Å²) >= 11 is 0. The molecule has 0 aliphatic carbocycles. The number of hydrogen-bond acceptors (Lipinski definition) is 0. The molecule has 1 heterocycles. The second kappa shape index (κ2) is 3.95. The van der Waals surface area contributed by atoms with Crippen molar-refractivity contribution in [3.8, 4) is 0 Å². The summed E-state index contributed by atoms with van der Waals surface area (Å²) in [6, 6.07) is 0. The Hall–Kier alpha value is 0.210. The molecule has 0 aliphatic rings. The van der Waals surface area contributed by atoms with Crippen LogP contribution in [0.5, 0.6) is 0 Å². The fraction of sp³-hybridized carbons (Fsp3) is 0.600. The van der Waals surface area contributed by atoms with E-state index in [4.69, 9.17) is 0 Å². The van der Waals surface area contributed by atoms with Crippen molar-refractivity contribution in [3.05, 3.63) is 21.7 Å². The van der Waals surface area contributed by atoms with Crippen molar-refractivity contribution < 1.29 is 0 Å². The van der Waals surface area contributed by atoms with Crippen molar-refractivity contribution in [2.75, 3.05) is 6.16 Å². The molecule has 1 rings (SSSR count). The molecule has 1 aromatic rings. The van der Waals surface area contributed by atoms with Gasteiger partial charge in [0.1, 0.15) is 0 Å². The van der Waals surface area contributed by atoms with Gasteiger partial charge in [0.2, 0.25) is 0 Å². The van der Waals surface area contributed by atoms with Crippen LogP contribution in [-0.2, 0) is 6.16 Å². The van der Waals surface area contributed by atoms with Crippen LogP contribution in [-0.4, -0.2) is 6.16 Å². The van der Waals surface area contributed by atoms with Gasteiger partial charge in [0.15, 0.2) is 0 Å². The zero-order valence-electron chi connectivity index (χ0n) is 8.44. The van der Waals surface area contributed by atoms with Gasteiger partial charge in [0.25, 0.3) is 0 Å². The molecule has 1 unspecified atom stereocenters. The van der Waals surface area contributed by atoms with E-state index in [-0.39, 0.29) is 7.53 Å². The second-order valence-electron chi connectivity index (χ2n) is 3.36. The summed E-state index contributed by atoms with van der Waals surface area (Å²) in [4.78, 5) is 0. The van der Waals surface area contributed by atoms with Gasteiger partial charge in [0, 0.05) is 0 Å². The van der Waals surface area contributed by atoms with E-state index in [1.165, 1.54) is 12.3 Å². The van der Waals surface area contributed by atoms with Crippen LogP contribution in [0.2, 0.25) is 0 Å². The van der Waals surface area contributed by atoms with Crippen molar-refractivity contribution in [2.24, 2.45) is 0 Å². The lowest BCUT2D eigenvalue weighted by Crippen LogP contribution is -1.73. The largest absolute Gasteiger partial charge is 0.137 e. The van der Waals surface area contributed by atoms with Crippen molar-refractivity contribution in [3.63, 3.8) is 0 Å². The van der Waals surface area contributed by atoms with Gasteiger partial charge in [0.05, 0.1) is 0 Å². The molecule has 0 saturated heterocycles. The molecule has 68 valence electrons. The minimum Gasteiger partial charge on any atom is -0.137 e. The van der Waals surface area contributed by atoms with Gasteiger partial charge in [-0.2, -0.15) is 0 Å². The fourth-order valence-corrected chi connectivity index (χ4v) is 5.02. The lowest BCUT2D eigenvalue weighted by atomic mass is 10.2. The van der Waals surface area contributed by atoms with Crippen LogP contribution >= 0.6 is 16.8 Å². The normalized spacial score (nSPS) is 10.8. The zero-order valence-corrected chi connectivity index (χ0v) is 10.5. The van der Waals surface area contributed by atoms with Gasteiger partial charge >= 0.3 is 0 Å². The maximum absolute atomic E-state index is 2.84. The molecule has 0 fully saturated rings. The third-order valence-corrected chi connectivity index (χ3v) is 6.58. The highest BCUT2D eigenvalue weighted by atomic mass is 31.1. The Morgan fingerprint density at radius 3 is 1.75 bits per heavy atom. The Bertz CT molecular complexity index is 259. The molecule has 12 heavy (non-hydrogen) atoms. The Morgan fingerprint density at radius 1 is 1.00 bits per heavy atom. The summed E-state index contributed by atoms with van der Waals surface area (Å²) < 4.78 is 0. The third kappa shape index (κ3) is 1.61. The van der Waals surface area contributed by atoms with Crippen LogP contribution < -0.4 is 0 Å². The first kappa shape index (κ1) is 10.3. The summed E-state index contributed by atoms with van der Waals surface area (Å²) in [7, 11) is 2.93. The maximum atomic E-state index is 2.84. The molecular weight excluding hydrogens is 182 g/mol. The van der Waals surface area contributed by atoms with Gasteiger partial charge in [-0.25, -0.2) is 0 Å². The van der Waals surface area contributed by atoms with E-state index in [0.717, 1.165) is 0 Å². The Balaban J connectivity index is 3.18. The van der Waals surface area contributed by atoms with E-state index in [9.17, 15) is 0 Å². The van der Waals surface area contributed by atoms with Gasteiger partial charge in [-0.1, -0.05) is 0 Å². The van der Waals surface area contributed by atoms with Crippen LogP contribution in [0.25, 0.3) is 0 Å². The molecule has 0 nitrogen and oxygen atoms in total. The molecule has 0 aliphatic heterocycles. The zero-order chi connectivity index (χ0) is 9.30. The van der Waals surface area contributed by atoms with Gasteiger partial charge in [-0.05, 0) is 61.7 Å². The Labute approximate surface area is 79.0 Å². The van der Waals surface area contributed by atoms with Gasteiger partial charge in [-0.3, -0.25) is 0 Å². The van der Waals surface area contributed by atoms with E-state index in [0.29, 0.717) is 0 Å². The number of hydrogen-bond donors (Lipinski definition) is 0. The van der Waals surface area contributed by atoms with E-state index < -0.39 is 0 Å². The fourth-order valence-electron chi connectivity index (χ4n) is 1.66. The highest BCUT2D eigenvalue weighted by molar-refractivity contribution is 7.51. The molecule has 2 heteroatoms. The molecule has 0 bridgehead atoms. The molecule has 0 aromatic carbocycles.